The summed E-state index contributed by atoms with van der Waals surface area (Å²) in [6.07, 6.45) is 0.873. The molecule has 1 N–H and O–H groups in total. The lowest BCUT2D eigenvalue weighted by atomic mass is 10.2. The van der Waals surface area contributed by atoms with Crippen LogP contribution in [0.4, 0.5) is 0 Å². The van der Waals surface area contributed by atoms with Crippen LogP contribution in [0.1, 0.15) is 25.8 Å². The van der Waals surface area contributed by atoms with E-state index in [9.17, 15) is 9.59 Å². The van der Waals surface area contributed by atoms with Crippen LogP contribution >= 0.6 is 11.8 Å². The third-order valence-electron chi connectivity index (χ3n) is 5.10. The molecule has 0 bridgehead atoms. The Labute approximate surface area is 178 Å². The summed E-state index contributed by atoms with van der Waals surface area (Å²) in [4.78, 5) is 25.6. The number of aryl methyl sites for hydroxylation is 1. The van der Waals surface area contributed by atoms with Gasteiger partial charge >= 0.3 is 0 Å². The fourth-order valence-electron chi connectivity index (χ4n) is 3.35. The number of nitrogens with one attached hydrogen (secondary N) is 1. The Hall–Kier alpha value is -3.13. The Morgan fingerprint density at radius 2 is 1.87 bits per heavy atom. The van der Waals surface area contributed by atoms with E-state index in [2.05, 4.69) is 15.5 Å². The Balaban J connectivity index is 1.87. The second kappa shape index (κ2) is 8.31. The Morgan fingerprint density at radius 3 is 2.63 bits per heavy atom. The summed E-state index contributed by atoms with van der Waals surface area (Å²) in [6.45, 7) is 5.96. The van der Waals surface area contributed by atoms with Crippen LogP contribution in [0.25, 0.3) is 22.4 Å². The number of thioether (sulfide) groups is 1. The normalized spacial score (nSPS) is 12.4. The van der Waals surface area contributed by atoms with Crippen molar-refractivity contribution in [3.63, 3.8) is 0 Å². The fraction of sp³-hybridized carbons (Fsp3) is 0.273. The number of para-hydroxylation sites is 2. The molecule has 0 spiro atoms. The van der Waals surface area contributed by atoms with Gasteiger partial charge in [0.25, 0.3) is 5.56 Å². The lowest BCUT2D eigenvalue weighted by molar-refractivity contribution is -0.119. The van der Waals surface area contributed by atoms with Crippen molar-refractivity contribution in [3.8, 4) is 5.69 Å². The summed E-state index contributed by atoms with van der Waals surface area (Å²) < 4.78 is 3.44. The third kappa shape index (κ3) is 3.59. The molecule has 1 unspecified atom stereocenters. The molecular weight excluding hydrogens is 398 g/mol. The van der Waals surface area contributed by atoms with E-state index in [1.807, 2.05) is 67.6 Å². The van der Waals surface area contributed by atoms with Crippen molar-refractivity contribution in [2.45, 2.75) is 38.4 Å². The topological polar surface area (TPSA) is 81.3 Å². The first kappa shape index (κ1) is 20.2. The third-order valence-corrected chi connectivity index (χ3v) is 6.03. The van der Waals surface area contributed by atoms with E-state index in [0.717, 1.165) is 23.2 Å². The summed E-state index contributed by atoms with van der Waals surface area (Å²) in [7, 11) is 0. The number of amides is 1. The zero-order valence-electron chi connectivity index (χ0n) is 17.1. The van der Waals surface area contributed by atoms with Crippen molar-refractivity contribution >= 4 is 34.3 Å². The number of benzene rings is 2. The van der Waals surface area contributed by atoms with Gasteiger partial charge in [-0.05, 0) is 44.0 Å². The van der Waals surface area contributed by atoms with Crippen molar-refractivity contribution in [1.29, 1.82) is 0 Å². The molecule has 0 radical (unpaired) electrons. The smallest absolute Gasteiger partial charge is 0.267 e. The van der Waals surface area contributed by atoms with E-state index in [1.54, 1.807) is 10.6 Å². The van der Waals surface area contributed by atoms with Gasteiger partial charge in [-0.25, -0.2) is 4.57 Å². The van der Waals surface area contributed by atoms with Crippen molar-refractivity contribution in [2.75, 3.05) is 5.75 Å². The van der Waals surface area contributed by atoms with Gasteiger partial charge in [0.05, 0.1) is 22.3 Å². The molecule has 4 aromatic rings. The lowest BCUT2D eigenvalue weighted by Gasteiger charge is -2.13. The molecule has 7 nitrogen and oxygen atoms in total. The van der Waals surface area contributed by atoms with Crippen molar-refractivity contribution in [2.24, 2.45) is 0 Å². The molecule has 4 rings (SSSR count). The molecule has 154 valence electrons. The van der Waals surface area contributed by atoms with E-state index in [-0.39, 0.29) is 23.3 Å². The average Bonchev–Trinajstić information content (AvgIpc) is 3.17. The van der Waals surface area contributed by atoms with Gasteiger partial charge in [0.2, 0.25) is 11.7 Å². The van der Waals surface area contributed by atoms with E-state index >= 15 is 0 Å². The molecule has 2 aromatic heterocycles. The SMILES string of the molecule is CCC(C)NC(=O)CSc1nnc2n(-c3ccccc3C)c(=O)c3ccccc3n12. The van der Waals surface area contributed by atoms with Crippen LogP contribution < -0.4 is 10.9 Å². The van der Waals surface area contributed by atoms with E-state index < -0.39 is 0 Å². The number of fused-ring (bicyclic) bond motifs is 3. The molecule has 0 aliphatic heterocycles. The van der Waals surface area contributed by atoms with Crippen LogP contribution in [0.15, 0.2) is 58.5 Å². The highest BCUT2D eigenvalue weighted by molar-refractivity contribution is 7.99. The van der Waals surface area contributed by atoms with Crippen LogP contribution in [0.5, 0.6) is 0 Å². The minimum absolute atomic E-state index is 0.0531. The Kier molecular flexibility index (Phi) is 5.59. The molecule has 30 heavy (non-hydrogen) atoms. The van der Waals surface area contributed by atoms with Crippen LogP contribution in [0.3, 0.4) is 0 Å². The number of aromatic nitrogens is 4. The number of hydrogen-bond donors (Lipinski definition) is 1. The second-order valence-corrected chi connectivity index (χ2v) is 8.17. The maximum Gasteiger partial charge on any atom is 0.267 e. The van der Waals surface area contributed by atoms with E-state index in [4.69, 9.17) is 0 Å². The quantitative estimate of drug-likeness (QED) is 0.483. The molecule has 2 heterocycles. The predicted octanol–water partition coefficient (Wildman–Crippen LogP) is 3.35. The van der Waals surface area contributed by atoms with Gasteiger partial charge < -0.3 is 5.32 Å². The number of carbonyl (C=O) groups excluding carboxylic acids is 1. The highest BCUT2D eigenvalue weighted by Gasteiger charge is 2.19. The fourth-order valence-corrected chi connectivity index (χ4v) is 4.10. The first-order chi connectivity index (χ1) is 14.5. The molecule has 2 aromatic carbocycles. The molecule has 0 saturated heterocycles. The highest BCUT2D eigenvalue weighted by atomic mass is 32.2. The zero-order chi connectivity index (χ0) is 21.3. The van der Waals surface area contributed by atoms with Gasteiger partial charge in [0, 0.05) is 6.04 Å². The summed E-state index contributed by atoms with van der Waals surface area (Å²) in [6, 6.07) is 15.2. The summed E-state index contributed by atoms with van der Waals surface area (Å²) in [5.41, 5.74) is 2.29. The molecule has 1 amide bonds. The summed E-state index contributed by atoms with van der Waals surface area (Å²) in [5, 5.41) is 12.7. The van der Waals surface area contributed by atoms with Gasteiger partial charge in [-0.15, -0.1) is 10.2 Å². The number of carbonyl (C=O) groups is 1. The van der Waals surface area contributed by atoms with Crippen LogP contribution in [-0.4, -0.2) is 36.9 Å². The molecular formula is C22H23N5O2S. The zero-order valence-corrected chi connectivity index (χ0v) is 17.9. The predicted molar refractivity (Wildman–Crippen MR) is 119 cm³/mol. The maximum absolute atomic E-state index is 13.3. The molecule has 8 heteroatoms. The lowest BCUT2D eigenvalue weighted by Crippen LogP contribution is -2.33. The van der Waals surface area contributed by atoms with Gasteiger partial charge in [0.15, 0.2) is 5.16 Å². The molecule has 0 aliphatic carbocycles. The highest BCUT2D eigenvalue weighted by Crippen LogP contribution is 2.24. The number of nitrogens with zero attached hydrogens (tertiary/aromatic N) is 4. The molecule has 0 aliphatic rings. The monoisotopic (exact) mass is 421 g/mol. The van der Waals surface area contributed by atoms with Crippen molar-refractivity contribution in [3.05, 3.63) is 64.4 Å². The van der Waals surface area contributed by atoms with Gasteiger partial charge in [-0.1, -0.05) is 49.0 Å². The average molecular weight is 422 g/mol. The largest absolute Gasteiger partial charge is 0.353 e. The van der Waals surface area contributed by atoms with Crippen molar-refractivity contribution in [1.82, 2.24) is 24.5 Å². The molecule has 0 saturated carbocycles. The van der Waals surface area contributed by atoms with Gasteiger partial charge in [0.1, 0.15) is 0 Å². The second-order valence-electron chi connectivity index (χ2n) is 7.23. The minimum Gasteiger partial charge on any atom is -0.353 e. The first-order valence-corrected chi connectivity index (χ1v) is 10.9. The van der Waals surface area contributed by atoms with Crippen LogP contribution in [0, 0.1) is 6.92 Å². The summed E-state index contributed by atoms with van der Waals surface area (Å²) in [5.74, 6) is 0.601. The Bertz CT molecular complexity index is 1290. The van der Waals surface area contributed by atoms with Gasteiger partial charge in [-0.3, -0.25) is 14.0 Å². The van der Waals surface area contributed by atoms with E-state index in [0.29, 0.717) is 16.3 Å². The standard InChI is InChI=1S/C22H23N5O2S/c1-4-15(3)23-19(28)13-30-22-25-24-21-26(17-11-7-5-9-14(17)2)20(29)16-10-6-8-12-18(16)27(21)22/h5-12,15H,4,13H2,1-3H3,(H,23,28). The van der Waals surface area contributed by atoms with Gasteiger partial charge in [-0.2, -0.15) is 0 Å². The van der Waals surface area contributed by atoms with Crippen molar-refractivity contribution < 1.29 is 4.79 Å². The maximum atomic E-state index is 13.3. The first-order valence-electron chi connectivity index (χ1n) is 9.88. The van der Waals surface area contributed by atoms with Crippen LogP contribution in [0.2, 0.25) is 0 Å². The number of rotatable bonds is 6. The van der Waals surface area contributed by atoms with E-state index in [1.165, 1.54) is 11.8 Å². The van der Waals surface area contributed by atoms with Crippen LogP contribution in [-0.2, 0) is 4.79 Å². The summed E-state index contributed by atoms with van der Waals surface area (Å²) >= 11 is 1.31. The molecule has 1 atom stereocenters. The number of hydrogen-bond acceptors (Lipinski definition) is 5. The Morgan fingerprint density at radius 1 is 1.13 bits per heavy atom. The minimum atomic E-state index is -0.147. The molecule has 0 fully saturated rings.